The van der Waals surface area contributed by atoms with E-state index in [2.05, 4.69) is 20.5 Å². The van der Waals surface area contributed by atoms with E-state index in [-0.39, 0.29) is 18.5 Å². The van der Waals surface area contributed by atoms with Crippen LogP contribution in [0, 0.1) is 0 Å². The fraction of sp³-hybridized carbons (Fsp3) is 0.250. The molecule has 1 amide bonds. The molecule has 0 saturated heterocycles. The van der Waals surface area contributed by atoms with Crippen molar-refractivity contribution in [3.63, 3.8) is 0 Å². The Morgan fingerprint density at radius 2 is 2.23 bits per heavy atom. The molecule has 1 N–H and O–H groups in total. The number of amides is 1. The van der Waals surface area contributed by atoms with Gasteiger partial charge in [0, 0.05) is 23.7 Å². The molecule has 3 heterocycles. The van der Waals surface area contributed by atoms with Crippen molar-refractivity contribution in [2.75, 3.05) is 17.9 Å². The summed E-state index contributed by atoms with van der Waals surface area (Å²) in [4.78, 5) is 16.1. The standard InChI is InChI=1S/C16H15N5O3S2/c1-2-21-14(10-3-4-11-12(7-10)24-9-23-11)19-20-16(21)26-8-13(22)18-15-17-5-6-25-15/h3-7H,2,8-9H2,1H3,(H,17,18,22). The van der Waals surface area contributed by atoms with E-state index in [4.69, 9.17) is 9.47 Å². The predicted molar refractivity (Wildman–Crippen MR) is 98.7 cm³/mol. The molecular formula is C16H15N5O3S2. The van der Waals surface area contributed by atoms with Gasteiger partial charge in [0.1, 0.15) is 0 Å². The first-order valence-corrected chi connectivity index (χ1v) is 9.76. The molecule has 1 aliphatic rings. The van der Waals surface area contributed by atoms with Crippen LogP contribution in [-0.2, 0) is 11.3 Å². The van der Waals surface area contributed by atoms with Crippen LogP contribution in [0.2, 0.25) is 0 Å². The Labute approximate surface area is 157 Å². The summed E-state index contributed by atoms with van der Waals surface area (Å²) in [6.07, 6.45) is 1.65. The van der Waals surface area contributed by atoms with Crippen molar-refractivity contribution in [2.24, 2.45) is 0 Å². The molecule has 0 bridgehead atoms. The number of carbonyl (C=O) groups is 1. The first-order valence-electron chi connectivity index (χ1n) is 7.90. The van der Waals surface area contributed by atoms with E-state index in [9.17, 15) is 4.79 Å². The van der Waals surface area contributed by atoms with Gasteiger partial charge in [-0.15, -0.1) is 21.5 Å². The molecule has 10 heteroatoms. The average molecular weight is 389 g/mol. The first kappa shape index (κ1) is 16.9. The zero-order valence-corrected chi connectivity index (χ0v) is 15.5. The highest BCUT2D eigenvalue weighted by Gasteiger charge is 2.19. The van der Waals surface area contributed by atoms with E-state index in [1.807, 2.05) is 35.1 Å². The highest BCUT2D eigenvalue weighted by atomic mass is 32.2. The van der Waals surface area contributed by atoms with Crippen molar-refractivity contribution < 1.29 is 14.3 Å². The van der Waals surface area contributed by atoms with Gasteiger partial charge in [0.05, 0.1) is 5.75 Å². The van der Waals surface area contributed by atoms with Crippen LogP contribution in [0.3, 0.4) is 0 Å². The lowest BCUT2D eigenvalue weighted by Crippen LogP contribution is -2.14. The highest BCUT2D eigenvalue weighted by molar-refractivity contribution is 7.99. The Balaban J connectivity index is 1.49. The number of rotatable bonds is 6. The largest absolute Gasteiger partial charge is 0.454 e. The smallest absolute Gasteiger partial charge is 0.236 e. The fourth-order valence-corrected chi connectivity index (χ4v) is 3.85. The van der Waals surface area contributed by atoms with Crippen molar-refractivity contribution in [3.8, 4) is 22.9 Å². The fourth-order valence-electron chi connectivity index (χ4n) is 2.50. The van der Waals surface area contributed by atoms with Gasteiger partial charge in [-0.05, 0) is 25.1 Å². The number of aromatic nitrogens is 4. The van der Waals surface area contributed by atoms with Gasteiger partial charge >= 0.3 is 0 Å². The topological polar surface area (TPSA) is 91.2 Å². The number of hydrogen-bond donors (Lipinski definition) is 1. The monoisotopic (exact) mass is 389 g/mol. The third-order valence-electron chi connectivity index (χ3n) is 3.67. The molecule has 8 nitrogen and oxygen atoms in total. The summed E-state index contributed by atoms with van der Waals surface area (Å²) >= 11 is 2.72. The maximum Gasteiger partial charge on any atom is 0.236 e. The Kier molecular flexibility index (Phi) is 4.76. The molecule has 0 atom stereocenters. The molecule has 0 aliphatic carbocycles. The number of hydrogen-bond acceptors (Lipinski definition) is 8. The van der Waals surface area contributed by atoms with Crippen LogP contribution in [0.15, 0.2) is 34.9 Å². The molecule has 0 saturated carbocycles. The Bertz CT molecular complexity index is 926. The Hall–Kier alpha value is -2.59. The summed E-state index contributed by atoms with van der Waals surface area (Å²) < 4.78 is 12.7. The molecule has 134 valence electrons. The van der Waals surface area contributed by atoms with Gasteiger partial charge < -0.3 is 19.4 Å². The summed E-state index contributed by atoms with van der Waals surface area (Å²) in [5.74, 6) is 2.27. The third kappa shape index (κ3) is 3.37. The zero-order valence-electron chi connectivity index (χ0n) is 13.8. The Morgan fingerprint density at radius 3 is 3.04 bits per heavy atom. The number of fused-ring (bicyclic) bond motifs is 1. The average Bonchev–Trinajstić information content (AvgIpc) is 3.39. The molecule has 0 spiro atoms. The Morgan fingerprint density at radius 1 is 1.35 bits per heavy atom. The predicted octanol–water partition coefficient (Wildman–Crippen LogP) is 2.88. The summed E-state index contributed by atoms with van der Waals surface area (Å²) in [7, 11) is 0. The maximum absolute atomic E-state index is 12.0. The van der Waals surface area contributed by atoms with Gasteiger partial charge in [-0.3, -0.25) is 4.79 Å². The van der Waals surface area contributed by atoms with Gasteiger partial charge in [-0.25, -0.2) is 4.98 Å². The second-order valence-electron chi connectivity index (χ2n) is 5.29. The minimum Gasteiger partial charge on any atom is -0.454 e. The SMILES string of the molecule is CCn1c(SCC(=O)Nc2nccs2)nnc1-c1ccc2c(c1)OCO2. The molecule has 26 heavy (non-hydrogen) atoms. The molecule has 0 radical (unpaired) electrons. The number of ether oxygens (including phenoxy) is 2. The van der Waals surface area contributed by atoms with Crippen LogP contribution in [0.1, 0.15) is 6.92 Å². The second kappa shape index (κ2) is 7.34. The van der Waals surface area contributed by atoms with Gasteiger partial charge in [-0.2, -0.15) is 0 Å². The van der Waals surface area contributed by atoms with Crippen LogP contribution in [0.5, 0.6) is 11.5 Å². The minimum atomic E-state index is -0.125. The van der Waals surface area contributed by atoms with E-state index < -0.39 is 0 Å². The quantitative estimate of drug-likeness (QED) is 0.648. The van der Waals surface area contributed by atoms with Crippen molar-refractivity contribution >= 4 is 34.1 Å². The molecule has 3 aromatic rings. The number of carbonyl (C=O) groups excluding carboxylic acids is 1. The molecular weight excluding hydrogens is 374 g/mol. The molecule has 0 unspecified atom stereocenters. The minimum absolute atomic E-state index is 0.125. The van der Waals surface area contributed by atoms with Crippen LogP contribution in [0.4, 0.5) is 5.13 Å². The normalized spacial score (nSPS) is 12.3. The number of anilines is 1. The van der Waals surface area contributed by atoms with E-state index in [0.29, 0.717) is 22.6 Å². The van der Waals surface area contributed by atoms with Gasteiger partial charge in [0.2, 0.25) is 12.7 Å². The van der Waals surface area contributed by atoms with Gasteiger partial charge in [0.15, 0.2) is 27.6 Å². The highest BCUT2D eigenvalue weighted by Crippen LogP contribution is 2.36. The summed E-state index contributed by atoms with van der Waals surface area (Å²) in [5.41, 5.74) is 0.891. The van der Waals surface area contributed by atoms with E-state index in [1.54, 1.807) is 6.20 Å². The number of nitrogens with one attached hydrogen (secondary N) is 1. The number of benzene rings is 1. The van der Waals surface area contributed by atoms with Crippen LogP contribution in [0.25, 0.3) is 11.4 Å². The van der Waals surface area contributed by atoms with Crippen LogP contribution in [-0.4, -0.2) is 38.2 Å². The molecule has 1 aliphatic heterocycles. The molecule has 2 aromatic heterocycles. The first-order chi connectivity index (χ1) is 12.7. The van der Waals surface area contributed by atoms with Crippen LogP contribution >= 0.6 is 23.1 Å². The molecule has 4 rings (SSSR count). The number of nitrogens with zero attached hydrogens (tertiary/aromatic N) is 4. The molecule has 1 aromatic carbocycles. The van der Waals surface area contributed by atoms with E-state index in [0.717, 1.165) is 17.1 Å². The van der Waals surface area contributed by atoms with Crippen LogP contribution < -0.4 is 14.8 Å². The van der Waals surface area contributed by atoms with E-state index in [1.165, 1.54) is 23.1 Å². The summed E-state index contributed by atoms with van der Waals surface area (Å²) in [5, 5.41) is 14.4. The zero-order chi connectivity index (χ0) is 17.9. The van der Waals surface area contributed by atoms with E-state index >= 15 is 0 Å². The van der Waals surface area contributed by atoms with Crippen molar-refractivity contribution in [2.45, 2.75) is 18.6 Å². The lowest BCUT2D eigenvalue weighted by Gasteiger charge is -2.08. The summed E-state index contributed by atoms with van der Waals surface area (Å²) in [6, 6.07) is 5.68. The lowest BCUT2D eigenvalue weighted by atomic mass is 10.2. The van der Waals surface area contributed by atoms with Crippen molar-refractivity contribution in [3.05, 3.63) is 29.8 Å². The third-order valence-corrected chi connectivity index (χ3v) is 5.33. The van der Waals surface area contributed by atoms with Gasteiger partial charge in [-0.1, -0.05) is 11.8 Å². The second-order valence-corrected chi connectivity index (χ2v) is 7.13. The summed E-state index contributed by atoms with van der Waals surface area (Å²) in [6.45, 7) is 2.93. The number of thiazole rings is 1. The van der Waals surface area contributed by atoms with Gasteiger partial charge in [0.25, 0.3) is 0 Å². The van der Waals surface area contributed by atoms with Crippen molar-refractivity contribution in [1.82, 2.24) is 19.7 Å². The number of thioether (sulfide) groups is 1. The maximum atomic E-state index is 12.0. The molecule has 0 fully saturated rings. The lowest BCUT2D eigenvalue weighted by molar-refractivity contribution is -0.113. The van der Waals surface area contributed by atoms with Crippen molar-refractivity contribution in [1.29, 1.82) is 0 Å².